The molecule has 26 heavy (non-hydrogen) atoms. The summed E-state index contributed by atoms with van der Waals surface area (Å²) in [6.45, 7) is 2.17. The van der Waals surface area contributed by atoms with Gasteiger partial charge in [0.2, 0.25) is 6.41 Å². The van der Waals surface area contributed by atoms with Gasteiger partial charge < -0.3 is 19.5 Å². The lowest BCUT2D eigenvalue weighted by atomic mass is 10.2. The number of hydrogen-bond acceptors (Lipinski definition) is 5. The fourth-order valence-electron chi connectivity index (χ4n) is 2.20. The van der Waals surface area contributed by atoms with Crippen LogP contribution in [0.4, 0.5) is 5.69 Å². The number of rotatable bonds is 9. The second-order valence-corrected chi connectivity index (χ2v) is 5.92. The first-order valence-electron chi connectivity index (χ1n) is 7.80. The minimum Gasteiger partial charge on any atom is -0.494 e. The summed E-state index contributed by atoms with van der Waals surface area (Å²) in [7, 11) is 1.44. The van der Waals surface area contributed by atoms with Crippen LogP contribution in [0.5, 0.6) is 11.5 Å². The summed E-state index contributed by atoms with van der Waals surface area (Å²) in [4.78, 5) is 27.5. The quantitative estimate of drug-likeness (QED) is 0.674. The molecule has 0 bridgehead atoms. The summed E-state index contributed by atoms with van der Waals surface area (Å²) in [5.41, 5.74) is 2.16. The van der Waals surface area contributed by atoms with E-state index < -0.39 is 5.97 Å². The number of carboxylic acid groups (broad SMARTS) is 1. The number of amides is 1. The summed E-state index contributed by atoms with van der Waals surface area (Å²) in [5.74, 6) is -0.287. The Morgan fingerprint density at radius 1 is 1.35 bits per heavy atom. The number of nitrogens with zero attached hydrogens (tertiary/aromatic N) is 2. The third-order valence-corrected chi connectivity index (χ3v) is 3.88. The molecule has 1 N–H and O–H groups in total. The number of halogens is 1. The van der Waals surface area contributed by atoms with Gasteiger partial charge in [-0.05, 0) is 24.6 Å². The van der Waals surface area contributed by atoms with Gasteiger partial charge >= 0.3 is 5.97 Å². The Morgan fingerprint density at radius 2 is 2.12 bits per heavy atom. The Balaban J connectivity index is 2.20. The van der Waals surface area contributed by atoms with Crippen molar-refractivity contribution < 1.29 is 24.2 Å². The maximum atomic E-state index is 11.3. The molecule has 0 unspecified atom stereocenters. The SMILES string of the molecule is COc1cc(OCc2ccc(C)cn2)c(Cl)cc1N(C=O)CCC(=O)O. The molecule has 0 aliphatic heterocycles. The van der Waals surface area contributed by atoms with Crippen LogP contribution < -0.4 is 14.4 Å². The molecule has 1 aromatic carbocycles. The molecule has 0 aliphatic carbocycles. The topological polar surface area (TPSA) is 89.0 Å². The lowest BCUT2D eigenvalue weighted by Gasteiger charge is -2.21. The molecule has 8 heteroatoms. The van der Waals surface area contributed by atoms with Crippen molar-refractivity contribution in [3.8, 4) is 11.5 Å². The normalized spacial score (nSPS) is 10.3. The molecule has 0 spiro atoms. The molecule has 0 aliphatic rings. The number of ether oxygens (including phenoxy) is 2. The average molecular weight is 379 g/mol. The maximum absolute atomic E-state index is 11.3. The molecule has 2 aromatic rings. The molecule has 1 amide bonds. The van der Waals surface area contributed by atoms with Crippen molar-refractivity contribution in [3.05, 3.63) is 46.7 Å². The van der Waals surface area contributed by atoms with Crippen molar-refractivity contribution in [2.45, 2.75) is 20.0 Å². The third-order valence-electron chi connectivity index (χ3n) is 3.58. The van der Waals surface area contributed by atoms with E-state index in [1.54, 1.807) is 12.3 Å². The van der Waals surface area contributed by atoms with Gasteiger partial charge in [0, 0.05) is 18.8 Å². The van der Waals surface area contributed by atoms with E-state index >= 15 is 0 Å². The number of aromatic nitrogens is 1. The first-order chi connectivity index (χ1) is 12.4. The molecule has 0 saturated carbocycles. The van der Waals surface area contributed by atoms with E-state index in [9.17, 15) is 9.59 Å². The first kappa shape index (κ1) is 19.5. The smallest absolute Gasteiger partial charge is 0.305 e. The zero-order valence-electron chi connectivity index (χ0n) is 14.4. The van der Waals surface area contributed by atoms with E-state index in [4.69, 9.17) is 26.2 Å². The van der Waals surface area contributed by atoms with E-state index in [0.29, 0.717) is 23.6 Å². The molecule has 7 nitrogen and oxygen atoms in total. The summed E-state index contributed by atoms with van der Waals surface area (Å²) < 4.78 is 11.0. The zero-order chi connectivity index (χ0) is 19.1. The van der Waals surface area contributed by atoms with Crippen LogP contribution in [0.3, 0.4) is 0 Å². The fraction of sp³-hybridized carbons (Fsp3) is 0.278. The second kappa shape index (κ2) is 9.05. The van der Waals surface area contributed by atoms with Gasteiger partial charge in [-0.25, -0.2) is 0 Å². The van der Waals surface area contributed by atoms with Gasteiger partial charge in [-0.3, -0.25) is 14.6 Å². The van der Waals surface area contributed by atoms with Crippen molar-refractivity contribution in [1.29, 1.82) is 0 Å². The highest BCUT2D eigenvalue weighted by atomic mass is 35.5. The van der Waals surface area contributed by atoms with Gasteiger partial charge in [-0.15, -0.1) is 0 Å². The van der Waals surface area contributed by atoms with E-state index in [-0.39, 0.29) is 24.6 Å². The van der Waals surface area contributed by atoms with Crippen LogP contribution >= 0.6 is 11.6 Å². The average Bonchev–Trinajstić information content (AvgIpc) is 2.62. The van der Waals surface area contributed by atoms with Crippen LogP contribution in [0.25, 0.3) is 0 Å². The molecule has 0 fully saturated rings. The maximum Gasteiger partial charge on any atom is 0.305 e. The summed E-state index contributed by atoms with van der Waals surface area (Å²) >= 11 is 6.25. The monoisotopic (exact) mass is 378 g/mol. The Morgan fingerprint density at radius 3 is 2.69 bits per heavy atom. The second-order valence-electron chi connectivity index (χ2n) is 5.51. The first-order valence-corrected chi connectivity index (χ1v) is 8.18. The molecular formula is C18H19ClN2O5. The number of carbonyl (C=O) groups is 2. The molecule has 1 heterocycles. The Hall–Kier alpha value is -2.80. The predicted molar refractivity (Wildman–Crippen MR) is 97.0 cm³/mol. The van der Waals surface area contributed by atoms with Crippen LogP contribution in [0, 0.1) is 6.92 Å². The largest absolute Gasteiger partial charge is 0.494 e. The van der Waals surface area contributed by atoms with Crippen LogP contribution in [0.2, 0.25) is 5.02 Å². The fourth-order valence-corrected chi connectivity index (χ4v) is 2.42. The van der Waals surface area contributed by atoms with Crippen molar-refractivity contribution in [2.24, 2.45) is 0 Å². The summed E-state index contributed by atoms with van der Waals surface area (Å²) in [6.07, 6.45) is 2.08. The number of aliphatic carboxylic acids is 1. The van der Waals surface area contributed by atoms with Crippen LogP contribution in [0.1, 0.15) is 17.7 Å². The van der Waals surface area contributed by atoms with Crippen LogP contribution in [0.15, 0.2) is 30.5 Å². The highest BCUT2D eigenvalue weighted by Gasteiger charge is 2.17. The highest BCUT2D eigenvalue weighted by Crippen LogP contribution is 2.38. The Kier molecular flexibility index (Phi) is 6.80. The number of pyridine rings is 1. The standard InChI is InChI=1S/C18H19ClN2O5/c1-12-3-4-13(20-9-12)10-26-16-8-17(25-2)15(7-14(16)19)21(11-22)6-5-18(23)24/h3-4,7-9,11H,5-6,10H2,1-2H3,(H,23,24). The molecule has 0 atom stereocenters. The van der Waals surface area contributed by atoms with Gasteiger partial charge in [0.15, 0.2) is 0 Å². The van der Waals surface area contributed by atoms with Gasteiger partial charge in [-0.2, -0.15) is 0 Å². The van der Waals surface area contributed by atoms with Crippen LogP contribution in [-0.4, -0.2) is 36.1 Å². The van der Waals surface area contributed by atoms with Crippen molar-refractivity contribution in [1.82, 2.24) is 4.98 Å². The lowest BCUT2D eigenvalue weighted by Crippen LogP contribution is -2.24. The highest BCUT2D eigenvalue weighted by molar-refractivity contribution is 6.32. The number of hydrogen-bond donors (Lipinski definition) is 1. The lowest BCUT2D eigenvalue weighted by molar-refractivity contribution is -0.136. The van der Waals surface area contributed by atoms with E-state index in [0.717, 1.165) is 11.3 Å². The van der Waals surface area contributed by atoms with Crippen molar-refractivity contribution in [3.63, 3.8) is 0 Å². The summed E-state index contributed by atoms with van der Waals surface area (Å²) in [5, 5.41) is 9.07. The van der Waals surface area contributed by atoms with Crippen molar-refractivity contribution in [2.75, 3.05) is 18.6 Å². The number of carboxylic acids is 1. The number of carbonyl (C=O) groups excluding carboxylic acids is 1. The van der Waals surface area contributed by atoms with E-state index in [1.165, 1.54) is 18.1 Å². The minimum absolute atomic E-state index is 0.000980. The zero-order valence-corrected chi connectivity index (χ0v) is 15.2. The Bertz CT molecular complexity index is 780. The van der Waals surface area contributed by atoms with E-state index in [1.807, 2.05) is 19.1 Å². The molecule has 2 rings (SSSR count). The predicted octanol–water partition coefficient (Wildman–Crippen LogP) is 3.07. The van der Waals surface area contributed by atoms with Gasteiger partial charge in [0.25, 0.3) is 0 Å². The van der Waals surface area contributed by atoms with E-state index in [2.05, 4.69) is 4.98 Å². The molecule has 138 valence electrons. The van der Waals surface area contributed by atoms with Gasteiger partial charge in [0.1, 0.15) is 18.1 Å². The van der Waals surface area contributed by atoms with Gasteiger partial charge in [0.05, 0.1) is 29.9 Å². The Labute approximate surface area is 156 Å². The minimum atomic E-state index is -1.01. The third kappa shape index (κ3) is 5.10. The number of aryl methyl sites for hydroxylation is 1. The van der Waals surface area contributed by atoms with Crippen LogP contribution in [-0.2, 0) is 16.2 Å². The molecular weight excluding hydrogens is 360 g/mol. The van der Waals surface area contributed by atoms with Gasteiger partial charge in [-0.1, -0.05) is 17.7 Å². The molecule has 1 aromatic heterocycles. The molecule has 0 radical (unpaired) electrons. The molecule has 0 saturated heterocycles. The van der Waals surface area contributed by atoms with Crippen molar-refractivity contribution >= 4 is 29.7 Å². The summed E-state index contributed by atoms with van der Waals surface area (Å²) in [6, 6.07) is 6.86. The number of methoxy groups -OCH3 is 1. The number of benzene rings is 1. The number of anilines is 1.